The van der Waals surface area contributed by atoms with Crippen LogP contribution in [0.2, 0.25) is 0 Å². The molecule has 0 unspecified atom stereocenters. The normalized spacial score (nSPS) is 9.25. The van der Waals surface area contributed by atoms with Gasteiger partial charge in [-0.2, -0.15) is 35.4 Å². The molecule has 0 aliphatic rings. The van der Waals surface area contributed by atoms with Gasteiger partial charge in [-0.3, -0.25) is 0 Å². The van der Waals surface area contributed by atoms with Gasteiger partial charge in [-0.15, -0.1) is 0 Å². The van der Waals surface area contributed by atoms with Crippen molar-refractivity contribution in [3.8, 4) is 0 Å². The van der Waals surface area contributed by atoms with Gasteiger partial charge in [0, 0.05) is 0 Å². The van der Waals surface area contributed by atoms with E-state index in [2.05, 4.69) is 62.3 Å². The van der Waals surface area contributed by atoms with Crippen LogP contribution in [-0.4, -0.2) is 19.0 Å². The fraction of sp³-hybridized carbons (Fsp3) is 0.286. The smallest absolute Gasteiger partial charge is 0.307 e. The zero-order chi connectivity index (χ0) is 11.1. The van der Waals surface area contributed by atoms with E-state index in [1.54, 1.807) is 0 Å². The van der Waals surface area contributed by atoms with Crippen LogP contribution in [-0.2, 0) is 23.6 Å². The molecular formula is C14H19FeN. The van der Waals surface area contributed by atoms with Crippen molar-refractivity contribution < 1.29 is 17.1 Å². The summed E-state index contributed by atoms with van der Waals surface area (Å²) >= 11 is 0. The van der Waals surface area contributed by atoms with Crippen molar-refractivity contribution in [3.63, 3.8) is 0 Å². The third-order valence-electron chi connectivity index (χ3n) is 2.06. The Morgan fingerprint density at radius 1 is 1.06 bits per heavy atom. The van der Waals surface area contributed by atoms with E-state index in [-0.39, 0.29) is 17.1 Å². The van der Waals surface area contributed by atoms with Crippen LogP contribution >= 0.6 is 0 Å². The van der Waals surface area contributed by atoms with Gasteiger partial charge < -0.3 is 4.90 Å². The molecule has 2 heteroatoms. The van der Waals surface area contributed by atoms with Crippen molar-refractivity contribution in [1.82, 2.24) is 4.90 Å². The van der Waals surface area contributed by atoms with Crippen molar-refractivity contribution in [2.24, 2.45) is 0 Å². The van der Waals surface area contributed by atoms with Crippen molar-refractivity contribution in [1.29, 1.82) is 0 Å². The van der Waals surface area contributed by atoms with E-state index in [1.807, 2.05) is 12.1 Å². The summed E-state index contributed by atoms with van der Waals surface area (Å²) in [7, 11) is 4.15. The number of nitrogens with zero attached hydrogens (tertiary/aromatic N) is 1. The van der Waals surface area contributed by atoms with Crippen molar-refractivity contribution >= 4 is 0 Å². The quantitative estimate of drug-likeness (QED) is 0.590. The predicted octanol–water partition coefficient (Wildman–Crippen LogP) is 3.18. The van der Waals surface area contributed by atoms with Gasteiger partial charge in [0.2, 0.25) is 0 Å². The van der Waals surface area contributed by atoms with Gasteiger partial charge in [0.25, 0.3) is 0 Å². The SMILES string of the molecule is CN(C)Cc1ccc[cH-]1.Cc1ccc[cH-]1.[Fe+2]. The summed E-state index contributed by atoms with van der Waals surface area (Å²) in [6.07, 6.45) is 0. The largest absolute Gasteiger partial charge is 2.00 e. The molecule has 0 radical (unpaired) electrons. The van der Waals surface area contributed by atoms with Crippen LogP contribution in [0.1, 0.15) is 11.1 Å². The summed E-state index contributed by atoms with van der Waals surface area (Å²) in [5.41, 5.74) is 2.73. The zero-order valence-corrected chi connectivity index (χ0v) is 11.2. The molecule has 16 heavy (non-hydrogen) atoms. The predicted molar refractivity (Wildman–Crippen MR) is 66.2 cm³/mol. The molecule has 0 fully saturated rings. The Labute approximate surface area is 109 Å². The minimum Gasteiger partial charge on any atom is -0.307 e. The van der Waals surface area contributed by atoms with Crippen molar-refractivity contribution in [2.45, 2.75) is 13.5 Å². The van der Waals surface area contributed by atoms with Gasteiger partial charge in [0.15, 0.2) is 0 Å². The number of hydrogen-bond donors (Lipinski definition) is 0. The molecular weight excluding hydrogens is 238 g/mol. The van der Waals surface area contributed by atoms with Gasteiger partial charge in [-0.25, -0.2) is 24.3 Å². The Balaban J connectivity index is 0.000000283. The van der Waals surface area contributed by atoms with Gasteiger partial charge in [-0.1, -0.05) is 6.92 Å². The Morgan fingerprint density at radius 3 is 2.00 bits per heavy atom. The topological polar surface area (TPSA) is 3.24 Å². The molecule has 0 N–H and O–H groups in total. The van der Waals surface area contributed by atoms with E-state index >= 15 is 0 Å². The minimum absolute atomic E-state index is 0. The summed E-state index contributed by atoms with van der Waals surface area (Å²) in [5.74, 6) is 0. The second kappa shape index (κ2) is 8.35. The van der Waals surface area contributed by atoms with Crippen LogP contribution in [0.4, 0.5) is 0 Å². The summed E-state index contributed by atoms with van der Waals surface area (Å²) in [4.78, 5) is 2.16. The summed E-state index contributed by atoms with van der Waals surface area (Å²) in [6.45, 7) is 3.13. The average molecular weight is 257 g/mol. The first-order valence-corrected chi connectivity index (χ1v) is 5.22. The van der Waals surface area contributed by atoms with E-state index in [0.717, 1.165) is 6.54 Å². The van der Waals surface area contributed by atoms with E-state index in [9.17, 15) is 0 Å². The minimum atomic E-state index is 0. The molecule has 2 aromatic rings. The van der Waals surface area contributed by atoms with E-state index in [0.29, 0.717) is 0 Å². The monoisotopic (exact) mass is 257 g/mol. The fourth-order valence-electron chi connectivity index (χ4n) is 1.35. The van der Waals surface area contributed by atoms with E-state index < -0.39 is 0 Å². The Kier molecular flexibility index (Phi) is 7.92. The molecule has 88 valence electrons. The molecule has 0 saturated heterocycles. The van der Waals surface area contributed by atoms with Crippen LogP contribution in [0.15, 0.2) is 48.5 Å². The molecule has 2 aromatic carbocycles. The Hall–Kier alpha value is -0.821. The van der Waals surface area contributed by atoms with Gasteiger partial charge in [0.05, 0.1) is 0 Å². The van der Waals surface area contributed by atoms with Crippen molar-refractivity contribution in [2.75, 3.05) is 14.1 Å². The number of rotatable bonds is 2. The molecule has 0 atom stereocenters. The second-order valence-corrected chi connectivity index (χ2v) is 3.99. The van der Waals surface area contributed by atoms with Crippen LogP contribution < -0.4 is 0 Å². The molecule has 0 spiro atoms. The van der Waals surface area contributed by atoms with Gasteiger partial charge >= 0.3 is 17.1 Å². The maximum Gasteiger partial charge on any atom is 2.00 e. The third-order valence-corrected chi connectivity index (χ3v) is 2.06. The molecule has 1 nitrogen and oxygen atoms in total. The molecule has 0 heterocycles. The zero-order valence-electron chi connectivity index (χ0n) is 10.1. The molecule has 2 rings (SSSR count). The first-order chi connectivity index (χ1) is 7.18. The second-order valence-electron chi connectivity index (χ2n) is 3.99. The number of aryl methyl sites for hydroxylation is 1. The third kappa shape index (κ3) is 6.62. The van der Waals surface area contributed by atoms with E-state index in [4.69, 9.17) is 0 Å². The Bertz CT molecular complexity index is 333. The van der Waals surface area contributed by atoms with Crippen LogP contribution in [0.5, 0.6) is 0 Å². The fourth-order valence-corrected chi connectivity index (χ4v) is 1.35. The van der Waals surface area contributed by atoms with Crippen LogP contribution in [0.25, 0.3) is 0 Å². The molecule has 0 bridgehead atoms. The van der Waals surface area contributed by atoms with Crippen LogP contribution in [0, 0.1) is 6.92 Å². The summed E-state index contributed by atoms with van der Waals surface area (Å²) < 4.78 is 0. The van der Waals surface area contributed by atoms with Crippen LogP contribution in [0.3, 0.4) is 0 Å². The molecule has 0 aliphatic heterocycles. The molecule has 0 amide bonds. The van der Waals surface area contributed by atoms with E-state index in [1.165, 1.54) is 11.1 Å². The van der Waals surface area contributed by atoms with Crippen molar-refractivity contribution in [3.05, 3.63) is 59.7 Å². The molecule has 0 aromatic heterocycles. The van der Waals surface area contributed by atoms with Gasteiger partial charge in [-0.05, 0) is 20.6 Å². The maximum atomic E-state index is 2.16. The number of hydrogen-bond acceptors (Lipinski definition) is 1. The summed E-state index contributed by atoms with van der Waals surface area (Å²) in [6, 6.07) is 16.7. The molecule has 0 aliphatic carbocycles. The molecule has 0 saturated carbocycles. The Morgan fingerprint density at radius 2 is 1.69 bits per heavy atom. The summed E-state index contributed by atoms with van der Waals surface area (Å²) in [5, 5.41) is 0. The maximum absolute atomic E-state index is 2.16. The standard InChI is InChI=1S/C8H12N.C6H7.Fe/c1-9(2)7-8-5-3-4-6-8;1-6-4-2-3-5-6;/h3-6H,7H2,1-2H3;2-5H,1H3;/q2*-1;+2. The average Bonchev–Trinajstić information content (AvgIpc) is 2.78. The van der Waals surface area contributed by atoms with Gasteiger partial charge in [0.1, 0.15) is 0 Å². The first-order valence-electron chi connectivity index (χ1n) is 5.22. The first kappa shape index (κ1) is 15.2.